The van der Waals surface area contributed by atoms with Crippen LogP contribution in [0, 0.1) is 17.7 Å². The number of aromatic nitrogens is 4. The van der Waals surface area contributed by atoms with Gasteiger partial charge in [-0.15, -0.1) is 5.92 Å². The summed E-state index contributed by atoms with van der Waals surface area (Å²) in [5, 5.41) is 14.9. The Morgan fingerprint density at radius 2 is 2.00 bits per heavy atom. The second-order valence-electron chi connectivity index (χ2n) is 13.9. The van der Waals surface area contributed by atoms with Crippen LogP contribution < -0.4 is 9.64 Å². The maximum atomic E-state index is 15.6. The lowest BCUT2D eigenvalue weighted by atomic mass is 9.91. The summed E-state index contributed by atoms with van der Waals surface area (Å²) in [7, 11) is 3.32. The Bertz CT molecular complexity index is 1970. The molecule has 0 saturated carbocycles. The predicted octanol–water partition coefficient (Wildman–Crippen LogP) is 5.01. The fourth-order valence-corrected chi connectivity index (χ4v) is 7.87. The second-order valence-corrected chi connectivity index (χ2v) is 13.9. The number of benzene rings is 1. The number of fused-ring (bicyclic) bond motifs is 3. The van der Waals surface area contributed by atoms with Crippen LogP contribution in [-0.4, -0.2) is 86.4 Å². The Labute approximate surface area is 292 Å². The summed E-state index contributed by atoms with van der Waals surface area (Å²) in [4.78, 5) is 28.1. The SMILES string of the molecule is C=C1CN2CCC[C@@]2(COc2nc3c(c(N4CCCn5nc(C(=O)N(C)C)cc5C4)n2)CO[C@H](c2c(F)c(O)cc(C#CC)c2C(F)(F)F)C3)C1. The molecule has 51 heavy (non-hydrogen) atoms. The molecule has 270 valence electrons. The fraction of sp³-hybridized carbons (Fsp3) is 0.500. The highest BCUT2D eigenvalue weighted by atomic mass is 19.4. The van der Waals surface area contributed by atoms with E-state index in [2.05, 4.69) is 28.4 Å². The van der Waals surface area contributed by atoms with Gasteiger partial charge in [-0.05, 0) is 51.3 Å². The maximum Gasteiger partial charge on any atom is 0.418 e. The number of rotatable bonds is 6. The Kier molecular flexibility index (Phi) is 8.95. The Balaban J connectivity index is 1.29. The number of carbonyl (C=O) groups excluding carboxylic acids is 1. The Hall–Kier alpha value is -4.68. The summed E-state index contributed by atoms with van der Waals surface area (Å²) in [5.74, 6) is 2.65. The van der Waals surface area contributed by atoms with E-state index in [0.29, 0.717) is 61.5 Å². The van der Waals surface area contributed by atoms with Gasteiger partial charge in [0.05, 0.1) is 41.7 Å². The number of hydrogen-bond acceptors (Lipinski definition) is 9. The third kappa shape index (κ3) is 6.40. The number of anilines is 1. The number of nitrogens with zero attached hydrogens (tertiary/aromatic N) is 7. The molecule has 15 heteroatoms. The van der Waals surface area contributed by atoms with Crippen molar-refractivity contribution in [2.45, 2.75) is 76.5 Å². The van der Waals surface area contributed by atoms with E-state index >= 15 is 4.39 Å². The highest BCUT2D eigenvalue weighted by molar-refractivity contribution is 5.92. The van der Waals surface area contributed by atoms with Gasteiger partial charge in [0.25, 0.3) is 5.91 Å². The lowest BCUT2D eigenvalue weighted by Gasteiger charge is -2.33. The van der Waals surface area contributed by atoms with Crippen LogP contribution in [0.5, 0.6) is 11.8 Å². The van der Waals surface area contributed by atoms with Crippen LogP contribution in [0.3, 0.4) is 0 Å². The molecule has 0 spiro atoms. The van der Waals surface area contributed by atoms with Gasteiger partial charge in [0.1, 0.15) is 12.4 Å². The maximum absolute atomic E-state index is 15.6. The van der Waals surface area contributed by atoms with Gasteiger partial charge in [-0.25, -0.2) is 4.39 Å². The van der Waals surface area contributed by atoms with Crippen molar-refractivity contribution in [3.63, 3.8) is 0 Å². The minimum Gasteiger partial charge on any atom is -0.505 e. The number of amides is 1. The standard InChI is InChI=1S/C36H39F4N7O4/c1-5-8-22-13-27(48)31(37)29(30(22)36(38,39)40)28-15-25-24(19-50-28)32(42-34(41-25)51-20-35-9-6-11-46(35)17-21(2)16-35)45-10-7-12-47-23(18-45)14-26(43-47)33(49)44(3)4/h13-14,28,48H,2,6-7,9-12,15-20H2,1,3-4H3/t28-,35-/m0/s1. The molecule has 7 rings (SSSR count). The van der Waals surface area contributed by atoms with Gasteiger partial charge in [-0.3, -0.25) is 14.4 Å². The van der Waals surface area contributed by atoms with Crippen LogP contribution in [-0.2, 0) is 37.0 Å². The van der Waals surface area contributed by atoms with Gasteiger partial charge in [-0.2, -0.15) is 28.2 Å². The molecule has 0 aliphatic carbocycles. The first kappa shape index (κ1) is 34.8. The average molecular weight is 710 g/mol. The third-order valence-electron chi connectivity index (χ3n) is 10.1. The van der Waals surface area contributed by atoms with E-state index in [-0.39, 0.29) is 30.5 Å². The lowest BCUT2D eigenvalue weighted by Crippen LogP contribution is -2.43. The van der Waals surface area contributed by atoms with Crippen molar-refractivity contribution < 1.29 is 36.9 Å². The molecule has 4 aliphatic rings. The van der Waals surface area contributed by atoms with Crippen LogP contribution >= 0.6 is 0 Å². The number of carbonyl (C=O) groups is 1. The number of aromatic hydroxyl groups is 1. The molecular formula is C36H39F4N7O4. The molecule has 3 aromatic rings. The fourth-order valence-electron chi connectivity index (χ4n) is 7.87. The van der Waals surface area contributed by atoms with Gasteiger partial charge < -0.3 is 24.4 Å². The molecule has 2 aromatic heterocycles. The zero-order valence-corrected chi connectivity index (χ0v) is 28.7. The molecule has 2 atom stereocenters. The number of hydrogen-bond donors (Lipinski definition) is 1. The smallest absolute Gasteiger partial charge is 0.418 e. The predicted molar refractivity (Wildman–Crippen MR) is 178 cm³/mol. The molecule has 0 bridgehead atoms. The van der Waals surface area contributed by atoms with E-state index < -0.39 is 40.5 Å². The van der Waals surface area contributed by atoms with E-state index in [0.717, 1.165) is 43.6 Å². The number of phenolic OH excluding ortho intramolecular Hbond substituents is 1. The molecule has 0 radical (unpaired) electrons. The summed E-state index contributed by atoms with van der Waals surface area (Å²) >= 11 is 0. The number of halogens is 4. The summed E-state index contributed by atoms with van der Waals surface area (Å²) < 4.78 is 73.4. The van der Waals surface area contributed by atoms with Gasteiger partial charge in [0.2, 0.25) is 0 Å². The van der Waals surface area contributed by atoms with Crippen molar-refractivity contribution in [2.24, 2.45) is 0 Å². The van der Waals surface area contributed by atoms with E-state index in [1.807, 2.05) is 4.90 Å². The van der Waals surface area contributed by atoms with Crippen molar-refractivity contribution in [1.29, 1.82) is 0 Å². The topological polar surface area (TPSA) is 109 Å². The Morgan fingerprint density at radius 1 is 1.20 bits per heavy atom. The molecular weight excluding hydrogens is 670 g/mol. The number of aryl methyl sites for hydroxylation is 1. The quantitative estimate of drug-likeness (QED) is 0.215. The summed E-state index contributed by atoms with van der Waals surface area (Å²) in [5.41, 5.74) is 0.204. The zero-order chi connectivity index (χ0) is 36.2. The molecule has 1 aromatic carbocycles. The van der Waals surface area contributed by atoms with Crippen LogP contribution in [0.1, 0.15) is 82.8 Å². The number of ether oxygens (including phenoxy) is 2. The van der Waals surface area contributed by atoms with Crippen LogP contribution in [0.15, 0.2) is 24.3 Å². The van der Waals surface area contributed by atoms with Gasteiger partial charge >= 0.3 is 12.2 Å². The van der Waals surface area contributed by atoms with E-state index in [9.17, 15) is 23.1 Å². The Morgan fingerprint density at radius 3 is 2.75 bits per heavy atom. The van der Waals surface area contributed by atoms with Gasteiger partial charge in [0.15, 0.2) is 17.3 Å². The van der Waals surface area contributed by atoms with Crippen LogP contribution in [0.2, 0.25) is 0 Å². The van der Waals surface area contributed by atoms with Crippen molar-refractivity contribution >= 4 is 11.7 Å². The minimum atomic E-state index is -4.99. The first-order chi connectivity index (χ1) is 24.3. The molecule has 0 unspecified atom stereocenters. The van der Waals surface area contributed by atoms with Crippen molar-refractivity contribution in [1.82, 2.24) is 29.5 Å². The number of phenols is 1. The normalized spacial score (nSPS) is 21.7. The molecule has 11 nitrogen and oxygen atoms in total. The highest BCUT2D eigenvalue weighted by Crippen LogP contribution is 2.46. The molecule has 1 N–H and O–H groups in total. The third-order valence-corrected chi connectivity index (χ3v) is 10.1. The monoisotopic (exact) mass is 709 g/mol. The summed E-state index contributed by atoms with van der Waals surface area (Å²) in [6.45, 7) is 8.78. The molecule has 6 heterocycles. The van der Waals surface area contributed by atoms with Crippen molar-refractivity contribution in [3.8, 4) is 23.6 Å². The zero-order valence-electron chi connectivity index (χ0n) is 28.7. The van der Waals surface area contributed by atoms with Gasteiger partial charge in [0, 0.05) is 56.8 Å². The van der Waals surface area contributed by atoms with E-state index in [1.54, 1.807) is 24.8 Å². The molecule has 4 aliphatic heterocycles. The van der Waals surface area contributed by atoms with E-state index in [4.69, 9.17) is 19.4 Å². The summed E-state index contributed by atoms with van der Waals surface area (Å²) in [6, 6.07) is 2.49. The van der Waals surface area contributed by atoms with E-state index in [1.165, 1.54) is 11.8 Å². The van der Waals surface area contributed by atoms with Crippen LogP contribution in [0.4, 0.5) is 23.4 Å². The van der Waals surface area contributed by atoms with Crippen LogP contribution in [0.25, 0.3) is 0 Å². The number of alkyl halides is 3. The highest BCUT2D eigenvalue weighted by Gasteiger charge is 2.47. The minimum absolute atomic E-state index is 0.0503. The first-order valence-corrected chi connectivity index (χ1v) is 16.9. The molecule has 2 fully saturated rings. The average Bonchev–Trinajstić information content (AvgIpc) is 3.70. The first-order valence-electron chi connectivity index (χ1n) is 16.9. The molecule has 1 amide bonds. The van der Waals surface area contributed by atoms with Crippen molar-refractivity contribution in [3.05, 3.63) is 69.4 Å². The van der Waals surface area contributed by atoms with Crippen molar-refractivity contribution in [2.75, 3.05) is 45.2 Å². The van der Waals surface area contributed by atoms with Gasteiger partial charge in [-0.1, -0.05) is 18.1 Å². The largest absolute Gasteiger partial charge is 0.505 e. The second kappa shape index (κ2) is 13.1. The molecule has 2 saturated heterocycles. The summed E-state index contributed by atoms with van der Waals surface area (Å²) in [6.07, 6.45) is -3.29. The lowest BCUT2D eigenvalue weighted by molar-refractivity contribution is -0.140.